The number of benzene rings is 2. The quantitative estimate of drug-likeness (QED) is 0.0679. The van der Waals surface area contributed by atoms with Gasteiger partial charge in [0.05, 0.1) is 35.3 Å². The summed E-state index contributed by atoms with van der Waals surface area (Å²) in [5.41, 5.74) is 6.97. The maximum absolute atomic E-state index is 14.2. The SMILES string of the molecule is CC(=O)c1c(C)c(O)c2cc(C(=O)O)cc(O[C@@H]3O[C@@]4(CO)C#CC[C@@H]5CCC[C@]56CC[C@@]5(CCC[C@]7(C5)O[C@@]4(C[C@@H]4C5=C7CC=C5[C@@]5(CCCO)COC[C@H]7C[C@@]89C[C@]4(NN[C@@H]8C[C@]4(CCC[C@]48CCC4(CCCC4)C8)C9)[C@H]75)[C@H](O)[C@H]3O)C6)c2c1O. The first-order valence-electron chi connectivity index (χ1n) is 34.2. The highest BCUT2D eigenvalue weighted by Crippen LogP contribution is 2.81. The third-order valence-electron chi connectivity index (χ3n) is 29.2. The van der Waals surface area contributed by atoms with E-state index in [0.29, 0.717) is 55.6 Å². The number of aromatic carboxylic acids is 1. The number of Topliss-reactive ketones (excluding diaryl/α,β-unsaturated/α-hetero) is 1. The number of ether oxygens (including phenoxy) is 4. The molecular weight excluding hydrogens is 1100 g/mol. The van der Waals surface area contributed by atoms with Crippen LogP contribution in [0.5, 0.6) is 17.2 Å². The minimum atomic E-state index is -2.08. The smallest absolute Gasteiger partial charge is 0.335 e. The Kier molecular flexibility index (Phi) is 12.3. The number of carbonyl (C=O) groups is 2. The number of aliphatic hydroxyl groups is 4. The average molecular weight is 1190 g/mol. The Morgan fingerprint density at radius 3 is 2.44 bits per heavy atom. The third kappa shape index (κ3) is 7.24. The van der Waals surface area contributed by atoms with Crippen LogP contribution in [0.2, 0.25) is 0 Å². The summed E-state index contributed by atoms with van der Waals surface area (Å²) in [5, 5.41) is 85.3. The first kappa shape index (κ1) is 56.9. The van der Waals surface area contributed by atoms with E-state index in [1.54, 1.807) is 0 Å². The molecule has 15 aliphatic rings. The van der Waals surface area contributed by atoms with Crippen molar-refractivity contribution in [1.29, 1.82) is 0 Å². The summed E-state index contributed by atoms with van der Waals surface area (Å²) in [6.45, 7) is 3.22. The highest BCUT2D eigenvalue weighted by atomic mass is 16.7. The molecular formula is C72H92N2O13. The van der Waals surface area contributed by atoms with Gasteiger partial charge < -0.3 is 54.7 Å². The van der Waals surface area contributed by atoms with Crippen LogP contribution in [-0.4, -0.2) is 121 Å². The molecule has 0 aromatic heterocycles. The van der Waals surface area contributed by atoms with Crippen molar-refractivity contribution in [2.45, 2.75) is 247 Å². The molecule has 15 nitrogen and oxygen atoms in total. The Labute approximate surface area is 511 Å². The van der Waals surface area contributed by atoms with E-state index in [9.17, 15) is 45.3 Å². The molecule has 5 aliphatic heterocycles. The fourth-order valence-electron chi connectivity index (χ4n) is 26.4. The van der Waals surface area contributed by atoms with Gasteiger partial charge in [0.15, 0.2) is 11.4 Å². The van der Waals surface area contributed by atoms with Crippen molar-refractivity contribution in [2.75, 3.05) is 26.4 Å². The summed E-state index contributed by atoms with van der Waals surface area (Å²) in [5.74, 6) is 4.25. The van der Waals surface area contributed by atoms with Gasteiger partial charge in [0.2, 0.25) is 6.29 Å². The van der Waals surface area contributed by atoms with E-state index in [1.165, 1.54) is 107 Å². The molecule has 12 fully saturated rings. The summed E-state index contributed by atoms with van der Waals surface area (Å²) in [6.07, 6.45) is 27.3. The number of carboxylic acid groups (broad SMARTS) is 1. The van der Waals surface area contributed by atoms with E-state index in [0.717, 1.165) is 89.5 Å². The van der Waals surface area contributed by atoms with Crippen molar-refractivity contribution in [2.24, 2.45) is 61.6 Å². The van der Waals surface area contributed by atoms with Gasteiger partial charge in [-0.3, -0.25) is 15.6 Å². The maximum atomic E-state index is 14.2. The Balaban J connectivity index is 0.867. The van der Waals surface area contributed by atoms with Gasteiger partial charge in [-0.1, -0.05) is 43.6 Å². The number of ketones is 1. The number of phenolic OH excluding ortho intramolecular Hbond substituents is 2. The van der Waals surface area contributed by atoms with Crippen molar-refractivity contribution in [1.82, 2.24) is 10.9 Å². The van der Waals surface area contributed by atoms with Gasteiger partial charge in [0.25, 0.3) is 0 Å². The van der Waals surface area contributed by atoms with Gasteiger partial charge in [-0.05, 0) is 247 Å². The van der Waals surface area contributed by atoms with E-state index in [4.69, 9.17) is 18.9 Å². The summed E-state index contributed by atoms with van der Waals surface area (Å²) in [7, 11) is 0. The monoisotopic (exact) mass is 1190 g/mol. The minimum absolute atomic E-state index is 0.0469. The molecule has 2 aromatic rings. The predicted octanol–water partition coefficient (Wildman–Crippen LogP) is 10.5. The van der Waals surface area contributed by atoms with Crippen LogP contribution in [-0.2, 0) is 14.2 Å². The van der Waals surface area contributed by atoms with E-state index in [2.05, 4.69) is 28.8 Å². The number of carboxylic acids is 1. The van der Waals surface area contributed by atoms with Crippen LogP contribution in [0.25, 0.3) is 10.8 Å². The van der Waals surface area contributed by atoms with Gasteiger partial charge in [0.1, 0.15) is 35.1 Å². The number of hydrazine groups is 1. The maximum Gasteiger partial charge on any atom is 0.335 e. The third-order valence-corrected chi connectivity index (χ3v) is 29.2. The Morgan fingerprint density at radius 2 is 1.63 bits per heavy atom. The first-order chi connectivity index (χ1) is 41.8. The zero-order chi connectivity index (χ0) is 59.7. The molecule has 17 rings (SSSR count). The Morgan fingerprint density at radius 1 is 0.828 bits per heavy atom. The Bertz CT molecular complexity index is 3450. The van der Waals surface area contributed by atoms with Crippen LogP contribution in [0, 0.1) is 80.3 Å². The highest BCUT2D eigenvalue weighted by molar-refractivity contribution is 6.11. The summed E-state index contributed by atoms with van der Waals surface area (Å²) >= 11 is 0. The molecule has 15 heteroatoms. The number of phenols is 2. The number of nitrogens with one attached hydrogen (secondary N) is 2. The standard InChI is InChI=1S/C72H92N2O13/c1-41-52(42(2)77)56(79)53-46(55(41)78)28-43(60(82)83)29-50(53)85-61-57(80)59(81)72-31-49-54-47(12-13-48(54)69(87-72)21-7-16-63(36-69)23-25-64(34-63)17-5-10-45(64)11-6-22-70(72,39-76)86-61)68(20-9-27-75)40-84-33-44-30-65-37-67(32-51(65)73-74-71(49,38-65)58(44)68)19-8-18-66(67)26-24-62(35-66)14-3-4-15-62/h12,28-29,44-45,49,51,57-59,61,73-76,78-81H,3-5,7-11,13-21,23-27,30-40H2,1-2H3,(H,82,83)/t44-,45+,49-,51-,57-,58-,59-,61-,63+,64-,65-,66-,67-,68-,69-,70-,71-,72+/m1/s1. The number of allylic oxidation sites excluding steroid dienone is 1. The molecule has 3 saturated heterocycles. The number of carbonyl (C=O) groups excluding carboxylic acids is 1. The molecule has 9 saturated carbocycles. The second-order valence-corrected chi connectivity index (χ2v) is 32.6. The summed E-state index contributed by atoms with van der Waals surface area (Å²) in [6, 6.07) is 2.61. The molecule has 9 spiro atoms. The molecule has 5 heterocycles. The lowest BCUT2D eigenvalue weighted by Crippen LogP contribution is -2.82. The van der Waals surface area contributed by atoms with E-state index < -0.39 is 76.1 Å². The topological polar surface area (TPSA) is 237 Å². The van der Waals surface area contributed by atoms with E-state index in [1.807, 2.05) is 0 Å². The zero-order valence-corrected chi connectivity index (χ0v) is 51.3. The van der Waals surface area contributed by atoms with Gasteiger partial charge in [-0.2, -0.15) is 0 Å². The lowest BCUT2D eigenvalue weighted by molar-refractivity contribution is -0.370. The van der Waals surface area contributed by atoms with Crippen LogP contribution in [0.15, 0.2) is 34.9 Å². The first-order valence-corrected chi connectivity index (χ1v) is 34.2. The van der Waals surface area contributed by atoms with Crippen LogP contribution in [0.4, 0.5) is 0 Å². The summed E-state index contributed by atoms with van der Waals surface area (Å²) in [4.78, 5) is 26.1. The molecule has 468 valence electrons. The molecule has 2 aromatic carbocycles. The molecule has 10 aliphatic carbocycles. The molecule has 6 bridgehead atoms. The van der Waals surface area contributed by atoms with Crippen LogP contribution >= 0.6 is 0 Å². The van der Waals surface area contributed by atoms with E-state index >= 15 is 0 Å². The average Bonchev–Trinajstić information content (AvgIpc) is 1.60. The number of hydrogen-bond acceptors (Lipinski definition) is 14. The lowest BCUT2D eigenvalue weighted by atomic mass is 9.38. The van der Waals surface area contributed by atoms with Gasteiger partial charge in [-0.25, -0.2) is 4.79 Å². The van der Waals surface area contributed by atoms with Crippen molar-refractivity contribution in [3.8, 4) is 29.1 Å². The zero-order valence-electron chi connectivity index (χ0n) is 51.3. The van der Waals surface area contributed by atoms with Crippen molar-refractivity contribution >= 4 is 22.5 Å². The van der Waals surface area contributed by atoms with Crippen LogP contribution < -0.4 is 15.6 Å². The number of rotatable bonds is 8. The normalized spacial score (nSPS) is 47.3. The summed E-state index contributed by atoms with van der Waals surface area (Å²) < 4.78 is 29.7. The predicted molar refractivity (Wildman–Crippen MR) is 321 cm³/mol. The second kappa shape index (κ2) is 18.8. The van der Waals surface area contributed by atoms with E-state index in [-0.39, 0.29) is 91.7 Å². The fraction of sp³-hybridized carbons (Fsp3) is 0.750. The highest BCUT2D eigenvalue weighted by Gasteiger charge is 2.80. The van der Waals surface area contributed by atoms with Gasteiger partial charge >= 0.3 is 5.97 Å². The molecule has 0 amide bonds. The minimum Gasteiger partial charge on any atom is -0.507 e. The lowest BCUT2D eigenvalue weighted by Gasteiger charge is -2.72. The van der Waals surface area contributed by atoms with Crippen LogP contribution in [0.3, 0.4) is 0 Å². The number of fused-ring (bicyclic) bond motifs is 3. The second-order valence-electron chi connectivity index (χ2n) is 32.6. The van der Waals surface area contributed by atoms with Gasteiger partial charge in [0, 0.05) is 53.5 Å². The number of aromatic hydroxyl groups is 2. The molecule has 87 heavy (non-hydrogen) atoms. The van der Waals surface area contributed by atoms with Gasteiger partial charge in [-0.15, -0.1) is 0 Å². The molecule has 9 N–H and O–H groups in total. The molecule has 18 atom stereocenters. The number of aliphatic hydroxyl groups excluding tert-OH is 4. The van der Waals surface area contributed by atoms with Crippen molar-refractivity contribution in [3.05, 3.63) is 51.6 Å². The molecule has 0 radical (unpaired) electrons. The fourth-order valence-corrected chi connectivity index (χ4v) is 26.4. The van der Waals surface area contributed by atoms with Crippen molar-refractivity contribution < 1.29 is 64.3 Å². The number of hydrogen-bond donors (Lipinski definition) is 9. The Hall–Kier alpha value is -4.08. The molecule has 0 unspecified atom stereocenters. The van der Waals surface area contributed by atoms with Crippen LogP contribution in [0.1, 0.15) is 219 Å². The van der Waals surface area contributed by atoms with Crippen molar-refractivity contribution in [3.63, 3.8) is 0 Å². The largest absolute Gasteiger partial charge is 0.507 e.